The lowest BCUT2D eigenvalue weighted by molar-refractivity contribution is -0.148. The Kier molecular flexibility index (Phi) is 5.30. The molecule has 5 heteroatoms. The summed E-state index contributed by atoms with van der Waals surface area (Å²) < 4.78 is 18.8. The van der Waals surface area contributed by atoms with Crippen molar-refractivity contribution >= 4 is 5.97 Å². The first-order chi connectivity index (χ1) is 8.85. The van der Waals surface area contributed by atoms with Crippen molar-refractivity contribution in [2.24, 2.45) is 5.41 Å². The van der Waals surface area contributed by atoms with Gasteiger partial charge < -0.3 is 15.2 Å². The summed E-state index contributed by atoms with van der Waals surface area (Å²) >= 11 is 0. The fourth-order valence-corrected chi connectivity index (χ4v) is 1.40. The number of benzene rings is 1. The molecule has 1 rings (SSSR count). The lowest BCUT2D eigenvalue weighted by Gasteiger charge is -2.19. The van der Waals surface area contributed by atoms with Crippen LogP contribution in [0.1, 0.15) is 26.3 Å². The number of aliphatic carboxylic acids is 1. The summed E-state index contributed by atoms with van der Waals surface area (Å²) in [5.41, 5.74) is -0.237. The standard InChI is InChI=1S/C14H20FNO3/c1-4-16-8-10-5-11(15)7-12(6-10)19-9-14(2,3)13(17)18/h5-7,16H,4,8-9H2,1-3H3,(H,17,18). The first-order valence-corrected chi connectivity index (χ1v) is 6.21. The summed E-state index contributed by atoms with van der Waals surface area (Å²) in [5.74, 6) is -0.988. The molecular formula is C14H20FNO3. The lowest BCUT2D eigenvalue weighted by atomic mass is 9.95. The minimum atomic E-state index is -1.01. The van der Waals surface area contributed by atoms with Crippen molar-refractivity contribution in [2.75, 3.05) is 13.2 Å². The first-order valence-electron chi connectivity index (χ1n) is 6.21. The largest absolute Gasteiger partial charge is 0.492 e. The molecule has 0 saturated carbocycles. The molecule has 1 aromatic rings. The molecule has 0 atom stereocenters. The topological polar surface area (TPSA) is 58.6 Å². The number of carboxylic acids is 1. The lowest BCUT2D eigenvalue weighted by Crippen LogP contribution is -2.30. The molecule has 0 heterocycles. The number of hydrogen-bond acceptors (Lipinski definition) is 3. The highest BCUT2D eigenvalue weighted by molar-refractivity contribution is 5.73. The number of ether oxygens (including phenoxy) is 1. The van der Waals surface area contributed by atoms with Crippen LogP contribution in [0.3, 0.4) is 0 Å². The normalized spacial score (nSPS) is 11.4. The van der Waals surface area contributed by atoms with E-state index in [0.29, 0.717) is 12.3 Å². The molecule has 2 N–H and O–H groups in total. The van der Waals surface area contributed by atoms with Gasteiger partial charge in [0.2, 0.25) is 0 Å². The van der Waals surface area contributed by atoms with Crippen LogP contribution in [-0.4, -0.2) is 24.2 Å². The molecule has 0 aliphatic heterocycles. The predicted octanol–water partition coefficient (Wildman–Crippen LogP) is 2.42. The Morgan fingerprint density at radius 3 is 2.68 bits per heavy atom. The Morgan fingerprint density at radius 1 is 1.42 bits per heavy atom. The molecular weight excluding hydrogens is 249 g/mol. The van der Waals surface area contributed by atoms with Crippen molar-refractivity contribution in [2.45, 2.75) is 27.3 Å². The highest BCUT2D eigenvalue weighted by Gasteiger charge is 2.28. The monoisotopic (exact) mass is 269 g/mol. The fraction of sp³-hybridized carbons (Fsp3) is 0.500. The van der Waals surface area contributed by atoms with Gasteiger partial charge in [0, 0.05) is 12.6 Å². The van der Waals surface area contributed by atoms with E-state index in [9.17, 15) is 9.18 Å². The van der Waals surface area contributed by atoms with Crippen LogP contribution in [0.2, 0.25) is 0 Å². The van der Waals surface area contributed by atoms with Crippen LogP contribution in [0.25, 0.3) is 0 Å². The van der Waals surface area contributed by atoms with Gasteiger partial charge in [-0.3, -0.25) is 4.79 Å². The Hall–Kier alpha value is -1.62. The molecule has 0 fully saturated rings. The summed E-state index contributed by atoms with van der Waals surface area (Å²) in [7, 11) is 0. The summed E-state index contributed by atoms with van der Waals surface area (Å²) in [6.45, 7) is 6.42. The number of nitrogens with one attached hydrogen (secondary N) is 1. The maximum atomic E-state index is 13.4. The highest BCUT2D eigenvalue weighted by Crippen LogP contribution is 2.21. The second-order valence-electron chi connectivity index (χ2n) is 5.05. The Bertz CT molecular complexity index is 446. The van der Waals surface area contributed by atoms with Gasteiger partial charge >= 0.3 is 5.97 Å². The van der Waals surface area contributed by atoms with Gasteiger partial charge in [-0.1, -0.05) is 6.92 Å². The molecule has 0 unspecified atom stereocenters. The van der Waals surface area contributed by atoms with Crippen molar-refractivity contribution < 1.29 is 19.0 Å². The van der Waals surface area contributed by atoms with Gasteiger partial charge in [-0.05, 0) is 38.1 Å². The second kappa shape index (κ2) is 6.52. The molecule has 1 aromatic carbocycles. The van der Waals surface area contributed by atoms with E-state index in [0.717, 1.165) is 12.1 Å². The minimum absolute atomic E-state index is 0.00751. The van der Waals surface area contributed by atoms with Gasteiger partial charge in [0.25, 0.3) is 0 Å². The number of carboxylic acid groups (broad SMARTS) is 1. The van der Waals surface area contributed by atoms with Gasteiger partial charge in [0.15, 0.2) is 0 Å². The zero-order valence-corrected chi connectivity index (χ0v) is 11.5. The molecule has 0 spiro atoms. The number of carbonyl (C=O) groups is 1. The maximum absolute atomic E-state index is 13.4. The summed E-state index contributed by atoms with van der Waals surface area (Å²) in [6.07, 6.45) is 0. The zero-order chi connectivity index (χ0) is 14.5. The van der Waals surface area contributed by atoms with E-state index in [1.54, 1.807) is 19.9 Å². The maximum Gasteiger partial charge on any atom is 0.312 e. The van der Waals surface area contributed by atoms with E-state index in [-0.39, 0.29) is 6.61 Å². The third-order valence-corrected chi connectivity index (χ3v) is 2.69. The van der Waals surface area contributed by atoms with Crippen LogP contribution < -0.4 is 10.1 Å². The van der Waals surface area contributed by atoms with Crippen molar-refractivity contribution in [3.8, 4) is 5.75 Å². The number of rotatable bonds is 7. The van der Waals surface area contributed by atoms with Gasteiger partial charge in [-0.25, -0.2) is 4.39 Å². The quantitative estimate of drug-likeness (QED) is 0.798. The first kappa shape index (κ1) is 15.4. The third kappa shape index (κ3) is 4.87. The van der Waals surface area contributed by atoms with Crippen LogP contribution in [0.5, 0.6) is 5.75 Å². The molecule has 19 heavy (non-hydrogen) atoms. The van der Waals surface area contributed by atoms with E-state index < -0.39 is 17.2 Å². The molecule has 0 aliphatic carbocycles. The second-order valence-corrected chi connectivity index (χ2v) is 5.05. The van der Waals surface area contributed by atoms with Crippen LogP contribution >= 0.6 is 0 Å². The van der Waals surface area contributed by atoms with E-state index in [1.165, 1.54) is 12.1 Å². The molecule has 0 saturated heterocycles. The van der Waals surface area contributed by atoms with Gasteiger partial charge in [-0.15, -0.1) is 0 Å². The van der Waals surface area contributed by atoms with E-state index in [2.05, 4.69) is 5.32 Å². The van der Waals surface area contributed by atoms with E-state index in [4.69, 9.17) is 9.84 Å². The van der Waals surface area contributed by atoms with Crippen LogP contribution in [0, 0.1) is 11.2 Å². The summed E-state index contributed by atoms with van der Waals surface area (Å²) in [6, 6.07) is 4.40. The van der Waals surface area contributed by atoms with Crippen molar-refractivity contribution in [3.63, 3.8) is 0 Å². The van der Waals surface area contributed by atoms with E-state index in [1.807, 2.05) is 6.92 Å². The SMILES string of the molecule is CCNCc1cc(F)cc(OCC(C)(C)C(=O)O)c1. The molecule has 0 radical (unpaired) electrons. The van der Waals surface area contributed by atoms with E-state index >= 15 is 0 Å². The number of halogens is 1. The summed E-state index contributed by atoms with van der Waals surface area (Å²) in [4.78, 5) is 11.0. The molecule has 0 bridgehead atoms. The van der Waals surface area contributed by atoms with Crippen molar-refractivity contribution in [1.29, 1.82) is 0 Å². The minimum Gasteiger partial charge on any atom is -0.492 e. The molecule has 4 nitrogen and oxygen atoms in total. The molecule has 0 aliphatic rings. The van der Waals surface area contributed by atoms with Crippen LogP contribution in [0.15, 0.2) is 18.2 Å². The van der Waals surface area contributed by atoms with Crippen molar-refractivity contribution in [1.82, 2.24) is 5.32 Å². The Balaban J connectivity index is 2.73. The van der Waals surface area contributed by atoms with Gasteiger partial charge in [0.1, 0.15) is 18.2 Å². The average Bonchev–Trinajstić information content (AvgIpc) is 2.33. The Morgan fingerprint density at radius 2 is 2.11 bits per heavy atom. The van der Waals surface area contributed by atoms with Gasteiger partial charge in [0.05, 0.1) is 5.41 Å². The average molecular weight is 269 g/mol. The fourth-order valence-electron chi connectivity index (χ4n) is 1.40. The summed E-state index contributed by atoms with van der Waals surface area (Å²) in [5, 5.41) is 12.1. The highest BCUT2D eigenvalue weighted by atomic mass is 19.1. The molecule has 0 aromatic heterocycles. The molecule has 106 valence electrons. The van der Waals surface area contributed by atoms with Crippen LogP contribution in [0.4, 0.5) is 4.39 Å². The van der Waals surface area contributed by atoms with Crippen LogP contribution in [-0.2, 0) is 11.3 Å². The third-order valence-electron chi connectivity index (χ3n) is 2.69. The molecule has 0 amide bonds. The van der Waals surface area contributed by atoms with Gasteiger partial charge in [-0.2, -0.15) is 0 Å². The predicted molar refractivity (Wildman–Crippen MR) is 70.7 cm³/mol. The van der Waals surface area contributed by atoms with Crippen molar-refractivity contribution in [3.05, 3.63) is 29.6 Å². The Labute approximate surface area is 112 Å². The number of hydrogen-bond donors (Lipinski definition) is 2. The smallest absolute Gasteiger partial charge is 0.312 e. The zero-order valence-electron chi connectivity index (χ0n) is 11.5.